The number of halogens is 3. The zero-order valence-corrected chi connectivity index (χ0v) is 19.4. The largest absolute Gasteiger partial charge is 0.472 e. The van der Waals surface area contributed by atoms with Crippen molar-refractivity contribution in [1.29, 1.82) is 0 Å². The molecule has 0 saturated carbocycles. The van der Waals surface area contributed by atoms with Crippen LogP contribution < -0.4 is 10.9 Å². The summed E-state index contributed by atoms with van der Waals surface area (Å²) in [6.45, 7) is -0.952. The number of aliphatic hydroxyl groups excluding tert-OH is 1. The third-order valence-electron chi connectivity index (χ3n) is 4.66. The highest BCUT2D eigenvalue weighted by Crippen LogP contribution is 2.45. The lowest BCUT2D eigenvalue weighted by Gasteiger charge is -2.28. The van der Waals surface area contributed by atoms with Crippen LogP contribution in [0.3, 0.4) is 0 Å². The summed E-state index contributed by atoms with van der Waals surface area (Å²) in [5.74, 6) is -2.30. The van der Waals surface area contributed by atoms with Crippen molar-refractivity contribution < 1.29 is 56.2 Å². The van der Waals surface area contributed by atoms with Crippen LogP contribution in [0.15, 0.2) is 17.1 Å². The molecule has 6 atom stereocenters. The molecule has 1 aromatic heterocycles. The van der Waals surface area contributed by atoms with Gasteiger partial charge in [0.2, 0.25) is 0 Å². The van der Waals surface area contributed by atoms with Gasteiger partial charge < -0.3 is 29.9 Å². The van der Waals surface area contributed by atoms with Gasteiger partial charge in [0.15, 0.2) is 11.0 Å². The number of hydrogen-bond acceptors (Lipinski definition) is 10. The SMILES string of the molecule is COC[C@H](COP(=O)(O)OC[C@H]1O[C@@H](n2ccc(=O)[nH]c2=S)C(C)(O)[C@H]1O)NC(=O)C(F)(F)F. The molecule has 1 aromatic rings. The number of nitrogens with one attached hydrogen (secondary N) is 2. The van der Waals surface area contributed by atoms with Gasteiger partial charge in [0.1, 0.15) is 17.8 Å². The Bertz CT molecular complexity index is 1030. The lowest BCUT2D eigenvalue weighted by atomic mass is 9.96. The maximum atomic E-state index is 12.4. The second-order valence-electron chi connectivity index (χ2n) is 7.40. The molecule has 0 aliphatic carbocycles. The van der Waals surface area contributed by atoms with Gasteiger partial charge in [0.25, 0.3) is 5.56 Å². The number of carbonyl (C=O) groups is 1. The average Bonchev–Trinajstić information content (AvgIpc) is 2.93. The molecule has 5 N–H and O–H groups in total. The number of carbonyl (C=O) groups excluding carboxylic acids is 1. The minimum atomic E-state index is -5.19. The number of phosphoric ester groups is 1. The van der Waals surface area contributed by atoms with Crippen LogP contribution in [0.2, 0.25) is 0 Å². The van der Waals surface area contributed by atoms with Crippen LogP contribution in [0.5, 0.6) is 0 Å². The highest BCUT2D eigenvalue weighted by molar-refractivity contribution is 7.71. The topological polar surface area (TPSA) is 182 Å². The number of aromatic amines is 1. The molecule has 0 radical (unpaired) electrons. The average molecular weight is 537 g/mol. The molecule has 194 valence electrons. The quantitative estimate of drug-likeness (QED) is 0.196. The summed E-state index contributed by atoms with van der Waals surface area (Å²) in [6.07, 6.45) is -8.33. The summed E-state index contributed by atoms with van der Waals surface area (Å²) in [6, 6.07) is -0.349. The van der Waals surface area contributed by atoms with Crippen LogP contribution in [0.25, 0.3) is 0 Å². The van der Waals surface area contributed by atoms with Crippen molar-refractivity contribution in [2.45, 2.75) is 43.2 Å². The van der Waals surface area contributed by atoms with E-state index in [1.165, 1.54) is 13.1 Å². The number of ether oxygens (including phenoxy) is 2. The molecular formula is C16H23F3N3O10PS. The number of amides is 1. The number of alkyl halides is 3. The normalized spacial score (nSPS) is 27.8. The van der Waals surface area contributed by atoms with Crippen LogP contribution in [0.1, 0.15) is 13.2 Å². The van der Waals surface area contributed by atoms with Crippen molar-refractivity contribution in [2.24, 2.45) is 0 Å². The number of rotatable bonds is 10. The summed E-state index contributed by atoms with van der Waals surface area (Å²) in [7, 11) is -3.80. The molecule has 1 fully saturated rings. The Hall–Kier alpha value is -1.69. The fraction of sp³-hybridized carbons (Fsp3) is 0.688. The van der Waals surface area contributed by atoms with Gasteiger partial charge in [-0.15, -0.1) is 0 Å². The van der Waals surface area contributed by atoms with Gasteiger partial charge in [-0.2, -0.15) is 13.2 Å². The number of aliphatic hydroxyl groups is 2. The van der Waals surface area contributed by atoms with Crippen LogP contribution in [0.4, 0.5) is 13.2 Å². The van der Waals surface area contributed by atoms with E-state index >= 15 is 0 Å². The number of aromatic nitrogens is 2. The molecule has 0 aromatic carbocycles. The van der Waals surface area contributed by atoms with Crippen molar-refractivity contribution in [3.8, 4) is 0 Å². The summed E-state index contributed by atoms with van der Waals surface area (Å²) in [5.41, 5.74) is -2.49. The van der Waals surface area contributed by atoms with Crippen molar-refractivity contribution in [3.05, 3.63) is 27.4 Å². The maximum Gasteiger partial charge on any atom is 0.472 e. The van der Waals surface area contributed by atoms with Crippen LogP contribution in [-0.4, -0.2) is 87.5 Å². The highest BCUT2D eigenvalue weighted by atomic mass is 32.1. The number of nitrogens with zero attached hydrogens (tertiary/aromatic N) is 1. The van der Waals surface area contributed by atoms with Crippen molar-refractivity contribution >= 4 is 25.9 Å². The zero-order chi connectivity index (χ0) is 25.9. The molecule has 18 heteroatoms. The lowest BCUT2D eigenvalue weighted by Crippen LogP contribution is -2.47. The van der Waals surface area contributed by atoms with E-state index in [1.54, 1.807) is 5.32 Å². The minimum absolute atomic E-state index is 0.132. The molecule has 34 heavy (non-hydrogen) atoms. The Labute approximate surface area is 195 Å². The van der Waals surface area contributed by atoms with E-state index in [9.17, 15) is 42.4 Å². The predicted molar refractivity (Wildman–Crippen MR) is 108 cm³/mol. The first kappa shape index (κ1) is 28.5. The third-order valence-corrected chi connectivity index (χ3v) is 5.92. The highest BCUT2D eigenvalue weighted by Gasteiger charge is 2.53. The predicted octanol–water partition coefficient (Wildman–Crippen LogP) is -0.258. The van der Waals surface area contributed by atoms with Gasteiger partial charge in [-0.05, 0) is 19.1 Å². The summed E-state index contributed by atoms with van der Waals surface area (Å²) >= 11 is 5.00. The van der Waals surface area contributed by atoms with Crippen molar-refractivity contribution in [3.63, 3.8) is 0 Å². The third kappa shape index (κ3) is 7.16. The minimum Gasteiger partial charge on any atom is -0.387 e. The van der Waals surface area contributed by atoms with E-state index in [1.807, 2.05) is 0 Å². The number of H-pyrrole nitrogens is 1. The monoisotopic (exact) mass is 537 g/mol. The number of hydrogen-bond donors (Lipinski definition) is 5. The van der Waals surface area contributed by atoms with Crippen LogP contribution >= 0.6 is 20.0 Å². The van der Waals surface area contributed by atoms with E-state index in [2.05, 4.69) is 14.2 Å². The van der Waals surface area contributed by atoms with Gasteiger partial charge in [-0.1, -0.05) is 0 Å². The second kappa shape index (κ2) is 10.9. The summed E-state index contributed by atoms with van der Waals surface area (Å²) in [5, 5.41) is 22.6. The van der Waals surface area contributed by atoms with Gasteiger partial charge >= 0.3 is 19.9 Å². The van der Waals surface area contributed by atoms with Crippen LogP contribution in [0, 0.1) is 4.77 Å². The van der Waals surface area contributed by atoms with Gasteiger partial charge in [-0.3, -0.25) is 28.2 Å². The summed E-state index contributed by atoms with van der Waals surface area (Å²) in [4.78, 5) is 34.5. The Balaban J connectivity index is 2.01. The van der Waals surface area contributed by atoms with E-state index in [0.29, 0.717) is 0 Å². The first-order valence-electron chi connectivity index (χ1n) is 9.44. The summed E-state index contributed by atoms with van der Waals surface area (Å²) < 4.78 is 69.9. The first-order chi connectivity index (χ1) is 15.6. The van der Waals surface area contributed by atoms with E-state index in [4.69, 9.17) is 21.5 Å². The van der Waals surface area contributed by atoms with Gasteiger partial charge in [-0.25, -0.2) is 4.57 Å². The molecule has 1 aliphatic rings. The fourth-order valence-electron chi connectivity index (χ4n) is 2.98. The molecule has 0 spiro atoms. The molecule has 2 rings (SSSR count). The number of methoxy groups -OCH3 is 1. The lowest BCUT2D eigenvalue weighted by molar-refractivity contribution is -0.175. The van der Waals surface area contributed by atoms with Gasteiger partial charge in [0, 0.05) is 19.4 Å². The van der Waals surface area contributed by atoms with Gasteiger partial charge in [0.05, 0.1) is 25.9 Å². The molecule has 13 nitrogen and oxygen atoms in total. The van der Waals surface area contributed by atoms with E-state index in [0.717, 1.165) is 17.7 Å². The Morgan fingerprint density at radius 3 is 2.65 bits per heavy atom. The Kier molecular flexibility index (Phi) is 9.17. The Morgan fingerprint density at radius 2 is 2.09 bits per heavy atom. The maximum absolute atomic E-state index is 12.4. The standard InChI is InChI=1S/C16H23F3N3O10PS/c1-15(26)11(24)9(32-13(15)22-4-3-10(23)21-14(22)34)7-31-33(27,28)30-6-8(5-29-2)20-12(25)16(17,18)19/h3-4,8-9,11,13,24,26H,5-7H2,1-2H3,(H,20,25)(H,27,28)(H,21,23,34)/t8-,9-,11+,13-,15?/m1/s1. The Morgan fingerprint density at radius 1 is 1.44 bits per heavy atom. The van der Waals surface area contributed by atoms with E-state index in [-0.39, 0.29) is 4.77 Å². The fourth-order valence-corrected chi connectivity index (χ4v) is 4.01. The van der Waals surface area contributed by atoms with Crippen LogP contribution in [-0.2, 0) is 27.9 Å². The molecule has 2 unspecified atom stereocenters. The number of phosphoric acid groups is 1. The van der Waals surface area contributed by atoms with Crippen molar-refractivity contribution in [2.75, 3.05) is 26.9 Å². The van der Waals surface area contributed by atoms with E-state index < -0.39 is 75.4 Å². The zero-order valence-electron chi connectivity index (χ0n) is 17.7. The molecule has 1 amide bonds. The second-order valence-corrected chi connectivity index (χ2v) is 9.24. The smallest absolute Gasteiger partial charge is 0.387 e. The molecule has 1 saturated heterocycles. The molecule has 0 bridgehead atoms. The molecule has 2 heterocycles. The molecular weight excluding hydrogens is 514 g/mol. The van der Waals surface area contributed by atoms with Crippen molar-refractivity contribution in [1.82, 2.24) is 14.9 Å². The molecule has 1 aliphatic heterocycles. The first-order valence-corrected chi connectivity index (χ1v) is 11.3.